The van der Waals surface area contributed by atoms with Crippen molar-refractivity contribution >= 4 is 5.97 Å². The van der Waals surface area contributed by atoms with Crippen molar-refractivity contribution in [1.29, 1.82) is 0 Å². The van der Waals surface area contributed by atoms with Crippen molar-refractivity contribution in [2.75, 3.05) is 13.7 Å². The molecular formula is C8H16O3. The summed E-state index contributed by atoms with van der Waals surface area (Å²) in [6.45, 7) is 4.30. The summed E-state index contributed by atoms with van der Waals surface area (Å²) in [5.74, 6) is -0.179. The molecule has 0 aromatic heterocycles. The molecular weight excluding hydrogens is 144 g/mol. The Morgan fingerprint density at radius 2 is 2.18 bits per heavy atom. The van der Waals surface area contributed by atoms with E-state index in [1.807, 2.05) is 13.8 Å². The minimum Gasteiger partial charge on any atom is -0.463 e. The first-order valence-electron chi connectivity index (χ1n) is 3.89. The van der Waals surface area contributed by atoms with Crippen LogP contribution in [0.2, 0.25) is 0 Å². The van der Waals surface area contributed by atoms with Gasteiger partial charge >= 0.3 is 5.97 Å². The van der Waals surface area contributed by atoms with Gasteiger partial charge in [0.1, 0.15) is 0 Å². The number of ether oxygens (including phenoxy) is 2. The molecule has 0 saturated carbocycles. The van der Waals surface area contributed by atoms with Crippen LogP contribution in [0.5, 0.6) is 0 Å². The van der Waals surface area contributed by atoms with E-state index in [9.17, 15) is 4.79 Å². The molecule has 0 fully saturated rings. The average molecular weight is 160 g/mol. The van der Waals surface area contributed by atoms with Gasteiger partial charge in [-0.15, -0.1) is 0 Å². The maximum absolute atomic E-state index is 10.9. The summed E-state index contributed by atoms with van der Waals surface area (Å²) >= 11 is 0. The molecule has 0 aromatic carbocycles. The molecule has 11 heavy (non-hydrogen) atoms. The minimum atomic E-state index is -0.179. The van der Waals surface area contributed by atoms with Gasteiger partial charge in [0, 0.05) is 7.11 Å². The molecule has 3 heteroatoms. The Labute approximate surface area is 67.7 Å². The summed E-state index contributed by atoms with van der Waals surface area (Å²) in [6, 6.07) is 0. The lowest BCUT2D eigenvalue weighted by atomic mass is 10.3. The molecule has 1 atom stereocenters. The standard InChI is InChI=1S/C8H16O3/c1-4-7(2)11-8(9)5-6-10-3/h7H,4-6H2,1-3H3/t7-/m0/s1. The van der Waals surface area contributed by atoms with Crippen molar-refractivity contribution in [3.05, 3.63) is 0 Å². The summed E-state index contributed by atoms with van der Waals surface area (Å²) in [6.07, 6.45) is 1.24. The van der Waals surface area contributed by atoms with E-state index in [4.69, 9.17) is 9.47 Å². The third-order valence-corrected chi connectivity index (χ3v) is 1.42. The Kier molecular flexibility index (Phi) is 5.84. The summed E-state index contributed by atoms with van der Waals surface area (Å²) in [5, 5.41) is 0. The fraction of sp³-hybridized carbons (Fsp3) is 0.875. The summed E-state index contributed by atoms with van der Waals surface area (Å²) in [5.41, 5.74) is 0. The first-order chi connectivity index (χ1) is 5.20. The Hall–Kier alpha value is -0.570. The average Bonchev–Trinajstić information content (AvgIpc) is 2.00. The third kappa shape index (κ3) is 5.85. The van der Waals surface area contributed by atoms with Gasteiger partial charge in [-0.1, -0.05) is 6.92 Å². The van der Waals surface area contributed by atoms with Crippen LogP contribution in [0, 0.1) is 0 Å². The maximum Gasteiger partial charge on any atom is 0.308 e. The molecule has 0 aliphatic rings. The zero-order valence-electron chi connectivity index (χ0n) is 7.42. The van der Waals surface area contributed by atoms with E-state index >= 15 is 0 Å². The number of methoxy groups -OCH3 is 1. The molecule has 0 saturated heterocycles. The second-order valence-electron chi connectivity index (χ2n) is 2.45. The Bertz CT molecular complexity index is 112. The SMILES string of the molecule is CC[C@H](C)OC(=O)CCOC. The Balaban J connectivity index is 3.36. The van der Waals surface area contributed by atoms with E-state index in [0.717, 1.165) is 6.42 Å². The fourth-order valence-electron chi connectivity index (χ4n) is 0.552. The van der Waals surface area contributed by atoms with Gasteiger partial charge in [-0.3, -0.25) is 4.79 Å². The zero-order valence-corrected chi connectivity index (χ0v) is 7.42. The molecule has 0 aliphatic heterocycles. The van der Waals surface area contributed by atoms with Crippen LogP contribution in [0.3, 0.4) is 0 Å². The van der Waals surface area contributed by atoms with E-state index < -0.39 is 0 Å². The van der Waals surface area contributed by atoms with Gasteiger partial charge in [0.05, 0.1) is 19.1 Å². The molecule has 0 unspecified atom stereocenters. The molecule has 0 radical (unpaired) electrons. The summed E-state index contributed by atoms with van der Waals surface area (Å²) in [4.78, 5) is 10.9. The van der Waals surface area contributed by atoms with Crippen molar-refractivity contribution < 1.29 is 14.3 Å². The minimum absolute atomic E-state index is 0.0272. The highest BCUT2D eigenvalue weighted by molar-refractivity contribution is 5.69. The zero-order chi connectivity index (χ0) is 8.69. The first kappa shape index (κ1) is 10.4. The van der Waals surface area contributed by atoms with Crippen molar-refractivity contribution in [2.45, 2.75) is 32.8 Å². The molecule has 3 nitrogen and oxygen atoms in total. The van der Waals surface area contributed by atoms with E-state index in [1.165, 1.54) is 0 Å². The van der Waals surface area contributed by atoms with Crippen molar-refractivity contribution in [2.24, 2.45) is 0 Å². The predicted octanol–water partition coefficient (Wildman–Crippen LogP) is 1.36. The van der Waals surface area contributed by atoms with Gasteiger partial charge in [0.15, 0.2) is 0 Å². The van der Waals surface area contributed by atoms with Gasteiger partial charge in [-0.2, -0.15) is 0 Å². The quantitative estimate of drug-likeness (QED) is 0.570. The highest BCUT2D eigenvalue weighted by atomic mass is 16.5. The molecule has 0 N–H and O–H groups in total. The topological polar surface area (TPSA) is 35.5 Å². The number of carbonyl (C=O) groups excluding carboxylic acids is 1. The predicted molar refractivity (Wildman–Crippen MR) is 42.3 cm³/mol. The molecule has 0 bridgehead atoms. The summed E-state index contributed by atoms with van der Waals surface area (Å²) < 4.78 is 9.71. The van der Waals surface area contributed by atoms with Gasteiger partial charge in [0.2, 0.25) is 0 Å². The van der Waals surface area contributed by atoms with Crippen LogP contribution in [0.4, 0.5) is 0 Å². The summed E-state index contributed by atoms with van der Waals surface area (Å²) in [7, 11) is 1.57. The highest BCUT2D eigenvalue weighted by Crippen LogP contribution is 1.98. The number of rotatable bonds is 5. The molecule has 0 heterocycles. The van der Waals surface area contributed by atoms with Gasteiger partial charge in [-0.05, 0) is 13.3 Å². The molecule has 0 spiro atoms. The number of hydrogen-bond acceptors (Lipinski definition) is 3. The van der Waals surface area contributed by atoms with E-state index in [2.05, 4.69) is 0 Å². The smallest absolute Gasteiger partial charge is 0.308 e. The number of carbonyl (C=O) groups is 1. The van der Waals surface area contributed by atoms with Gasteiger partial charge in [-0.25, -0.2) is 0 Å². The van der Waals surface area contributed by atoms with E-state index in [0.29, 0.717) is 13.0 Å². The molecule has 0 rings (SSSR count). The molecule has 0 aromatic rings. The lowest BCUT2D eigenvalue weighted by molar-refractivity contribution is -0.149. The highest BCUT2D eigenvalue weighted by Gasteiger charge is 2.05. The Morgan fingerprint density at radius 3 is 2.64 bits per heavy atom. The second-order valence-corrected chi connectivity index (χ2v) is 2.45. The second kappa shape index (κ2) is 6.16. The fourth-order valence-corrected chi connectivity index (χ4v) is 0.552. The first-order valence-corrected chi connectivity index (χ1v) is 3.89. The van der Waals surface area contributed by atoms with Gasteiger partial charge < -0.3 is 9.47 Å². The lowest BCUT2D eigenvalue weighted by Gasteiger charge is -2.09. The van der Waals surface area contributed by atoms with E-state index in [-0.39, 0.29) is 12.1 Å². The maximum atomic E-state index is 10.9. The number of esters is 1. The van der Waals surface area contributed by atoms with Crippen LogP contribution in [0.25, 0.3) is 0 Å². The molecule has 0 aliphatic carbocycles. The normalized spacial score (nSPS) is 12.6. The van der Waals surface area contributed by atoms with Crippen LogP contribution in [0.15, 0.2) is 0 Å². The lowest BCUT2D eigenvalue weighted by Crippen LogP contribution is -2.15. The van der Waals surface area contributed by atoms with Gasteiger partial charge in [0.25, 0.3) is 0 Å². The van der Waals surface area contributed by atoms with Crippen LogP contribution in [-0.4, -0.2) is 25.8 Å². The Morgan fingerprint density at radius 1 is 1.55 bits per heavy atom. The monoisotopic (exact) mass is 160 g/mol. The van der Waals surface area contributed by atoms with Crippen LogP contribution >= 0.6 is 0 Å². The molecule has 66 valence electrons. The van der Waals surface area contributed by atoms with Crippen molar-refractivity contribution in [1.82, 2.24) is 0 Å². The molecule has 0 amide bonds. The van der Waals surface area contributed by atoms with Crippen molar-refractivity contribution in [3.63, 3.8) is 0 Å². The van der Waals surface area contributed by atoms with Crippen molar-refractivity contribution in [3.8, 4) is 0 Å². The number of hydrogen-bond donors (Lipinski definition) is 0. The largest absolute Gasteiger partial charge is 0.463 e. The van der Waals surface area contributed by atoms with Crippen LogP contribution in [-0.2, 0) is 14.3 Å². The van der Waals surface area contributed by atoms with E-state index in [1.54, 1.807) is 7.11 Å². The van der Waals surface area contributed by atoms with Crippen LogP contribution in [0.1, 0.15) is 26.7 Å². The van der Waals surface area contributed by atoms with Crippen LogP contribution < -0.4 is 0 Å². The third-order valence-electron chi connectivity index (χ3n) is 1.42.